The van der Waals surface area contributed by atoms with E-state index in [4.69, 9.17) is 16.6 Å². The molecule has 5 heteroatoms. The van der Waals surface area contributed by atoms with E-state index < -0.39 is 0 Å². The number of halogens is 1. The molecule has 1 aliphatic rings. The number of nitrogens with zero attached hydrogens (tertiary/aromatic N) is 1. The van der Waals surface area contributed by atoms with Gasteiger partial charge in [-0.05, 0) is 56.2 Å². The number of aromatic nitrogens is 1. The molecule has 1 aromatic carbocycles. The third-order valence-corrected chi connectivity index (χ3v) is 5.76. The molecule has 3 rings (SSSR count). The van der Waals surface area contributed by atoms with Gasteiger partial charge in [0.25, 0.3) is 0 Å². The number of amides is 1. The fourth-order valence-electron chi connectivity index (χ4n) is 3.02. The number of nitrogens with one attached hydrogen (secondary N) is 1. The lowest BCUT2D eigenvalue weighted by Gasteiger charge is -2.06. The molecule has 2 aromatic rings. The Kier molecular flexibility index (Phi) is 6.27. The van der Waals surface area contributed by atoms with Gasteiger partial charge in [0.2, 0.25) is 5.91 Å². The van der Waals surface area contributed by atoms with Gasteiger partial charge in [-0.1, -0.05) is 23.7 Å². The van der Waals surface area contributed by atoms with E-state index in [0.717, 1.165) is 42.8 Å². The maximum Gasteiger partial charge on any atom is 0.220 e. The van der Waals surface area contributed by atoms with Crippen LogP contribution in [-0.4, -0.2) is 17.4 Å². The van der Waals surface area contributed by atoms with Gasteiger partial charge in [0.15, 0.2) is 0 Å². The van der Waals surface area contributed by atoms with Crippen molar-refractivity contribution in [2.45, 2.75) is 51.4 Å². The van der Waals surface area contributed by atoms with Gasteiger partial charge in [0.05, 0.1) is 10.7 Å². The first-order valence-corrected chi connectivity index (χ1v) is 9.89. The highest BCUT2D eigenvalue weighted by Gasteiger charge is 2.14. The highest BCUT2D eigenvalue weighted by Crippen LogP contribution is 2.27. The summed E-state index contributed by atoms with van der Waals surface area (Å²) in [5.74, 6) is 0.105. The number of thiazole rings is 1. The Hall–Kier alpha value is -1.39. The first-order valence-electron chi connectivity index (χ1n) is 8.69. The second-order valence-corrected chi connectivity index (χ2v) is 7.87. The van der Waals surface area contributed by atoms with E-state index in [0.29, 0.717) is 6.42 Å². The summed E-state index contributed by atoms with van der Waals surface area (Å²) in [6, 6.07) is 7.69. The van der Waals surface area contributed by atoms with Crippen LogP contribution in [0.2, 0.25) is 5.02 Å². The van der Waals surface area contributed by atoms with Crippen LogP contribution in [0.3, 0.4) is 0 Å². The molecule has 0 saturated heterocycles. The number of aryl methyl sites for hydroxylation is 4. The first-order chi connectivity index (χ1) is 11.7. The molecule has 1 amide bonds. The molecule has 3 nitrogen and oxygen atoms in total. The summed E-state index contributed by atoms with van der Waals surface area (Å²) < 4.78 is 0. The summed E-state index contributed by atoms with van der Waals surface area (Å²) in [5.41, 5.74) is 2.43. The van der Waals surface area contributed by atoms with Crippen LogP contribution >= 0.6 is 22.9 Å². The average Bonchev–Trinajstić information content (AvgIpc) is 3.00. The standard InChI is InChI=1S/C19H23ClN2OS/c20-15-6-3-5-14(13-15)10-11-18(23)21-12-4-9-19-22-16-7-1-2-8-17(16)24-19/h3,5-6,13H,1-2,4,7-12H2,(H,21,23). The van der Waals surface area contributed by atoms with E-state index in [1.165, 1.54) is 34.8 Å². The van der Waals surface area contributed by atoms with Crippen LogP contribution in [-0.2, 0) is 30.5 Å². The van der Waals surface area contributed by atoms with E-state index in [2.05, 4.69) is 5.32 Å². The third-order valence-electron chi connectivity index (χ3n) is 4.31. The van der Waals surface area contributed by atoms with Gasteiger partial charge >= 0.3 is 0 Å². The van der Waals surface area contributed by atoms with Crippen molar-refractivity contribution in [2.75, 3.05) is 6.54 Å². The third kappa shape index (κ3) is 5.05. The smallest absolute Gasteiger partial charge is 0.220 e. The lowest BCUT2D eigenvalue weighted by molar-refractivity contribution is -0.121. The van der Waals surface area contributed by atoms with Crippen LogP contribution in [0.1, 0.15) is 46.8 Å². The molecule has 0 radical (unpaired) electrons. The molecule has 1 N–H and O–H groups in total. The zero-order valence-electron chi connectivity index (χ0n) is 13.8. The summed E-state index contributed by atoms with van der Waals surface area (Å²) in [4.78, 5) is 18.1. The molecular weight excluding hydrogens is 340 g/mol. The van der Waals surface area contributed by atoms with Crippen LogP contribution in [0.15, 0.2) is 24.3 Å². The van der Waals surface area contributed by atoms with Crippen molar-refractivity contribution in [3.63, 3.8) is 0 Å². The number of rotatable bonds is 7. The molecule has 0 saturated carbocycles. The van der Waals surface area contributed by atoms with Crippen molar-refractivity contribution < 1.29 is 4.79 Å². The average molecular weight is 363 g/mol. The van der Waals surface area contributed by atoms with Crippen molar-refractivity contribution >= 4 is 28.8 Å². The van der Waals surface area contributed by atoms with Gasteiger partial charge in [-0.3, -0.25) is 4.79 Å². The zero-order valence-corrected chi connectivity index (χ0v) is 15.4. The molecular formula is C19H23ClN2OS. The Balaban J connectivity index is 1.34. The molecule has 0 bridgehead atoms. The molecule has 0 spiro atoms. The van der Waals surface area contributed by atoms with Crippen molar-refractivity contribution in [1.82, 2.24) is 10.3 Å². The van der Waals surface area contributed by atoms with Crippen LogP contribution < -0.4 is 5.32 Å². The highest BCUT2D eigenvalue weighted by atomic mass is 35.5. The largest absolute Gasteiger partial charge is 0.356 e. The lowest BCUT2D eigenvalue weighted by atomic mass is 10.0. The van der Waals surface area contributed by atoms with E-state index in [1.807, 2.05) is 35.6 Å². The molecule has 1 aliphatic carbocycles. The Bertz CT molecular complexity index is 675. The number of hydrogen-bond acceptors (Lipinski definition) is 3. The molecule has 0 aliphatic heterocycles. The summed E-state index contributed by atoms with van der Waals surface area (Å²) >= 11 is 7.82. The van der Waals surface area contributed by atoms with Crippen LogP contribution in [0.25, 0.3) is 0 Å². The molecule has 0 fully saturated rings. The minimum absolute atomic E-state index is 0.105. The normalized spacial score (nSPS) is 13.5. The molecule has 24 heavy (non-hydrogen) atoms. The predicted molar refractivity (Wildman–Crippen MR) is 99.9 cm³/mol. The number of benzene rings is 1. The Labute approximate surface area is 152 Å². The summed E-state index contributed by atoms with van der Waals surface area (Å²) in [7, 11) is 0. The van der Waals surface area contributed by atoms with Crippen LogP contribution in [0.5, 0.6) is 0 Å². The van der Waals surface area contributed by atoms with Gasteiger partial charge in [-0.25, -0.2) is 4.98 Å². The fraction of sp³-hybridized carbons (Fsp3) is 0.474. The maximum absolute atomic E-state index is 11.9. The van der Waals surface area contributed by atoms with E-state index in [9.17, 15) is 4.79 Å². The number of carbonyl (C=O) groups is 1. The molecule has 1 heterocycles. The van der Waals surface area contributed by atoms with E-state index in [1.54, 1.807) is 0 Å². The second kappa shape index (κ2) is 8.63. The Morgan fingerprint density at radius 1 is 1.25 bits per heavy atom. The Morgan fingerprint density at radius 2 is 2.12 bits per heavy atom. The van der Waals surface area contributed by atoms with Crippen LogP contribution in [0, 0.1) is 0 Å². The topological polar surface area (TPSA) is 42.0 Å². The summed E-state index contributed by atoms with van der Waals surface area (Å²) in [6.45, 7) is 0.721. The predicted octanol–water partition coefficient (Wildman–Crippen LogP) is 4.36. The fourth-order valence-corrected chi connectivity index (χ4v) is 4.43. The number of fused-ring (bicyclic) bond motifs is 1. The van der Waals surface area contributed by atoms with Gasteiger partial charge in [-0.2, -0.15) is 0 Å². The van der Waals surface area contributed by atoms with Crippen molar-refractivity contribution in [2.24, 2.45) is 0 Å². The quantitative estimate of drug-likeness (QED) is 0.743. The first kappa shape index (κ1) is 17.4. The molecule has 128 valence electrons. The van der Waals surface area contributed by atoms with E-state index >= 15 is 0 Å². The van der Waals surface area contributed by atoms with Crippen LogP contribution in [0.4, 0.5) is 0 Å². The number of carbonyl (C=O) groups excluding carboxylic acids is 1. The zero-order chi connectivity index (χ0) is 16.8. The molecule has 1 aromatic heterocycles. The van der Waals surface area contributed by atoms with Gasteiger partial charge < -0.3 is 5.32 Å². The number of hydrogen-bond donors (Lipinski definition) is 1. The van der Waals surface area contributed by atoms with E-state index in [-0.39, 0.29) is 5.91 Å². The summed E-state index contributed by atoms with van der Waals surface area (Å²) in [6.07, 6.45) is 8.08. The SMILES string of the molecule is O=C(CCc1cccc(Cl)c1)NCCCc1nc2c(s1)CCCC2. The maximum atomic E-state index is 11.9. The van der Waals surface area contributed by atoms with Crippen molar-refractivity contribution in [3.8, 4) is 0 Å². The van der Waals surface area contributed by atoms with Crippen molar-refractivity contribution in [3.05, 3.63) is 50.4 Å². The second-order valence-electron chi connectivity index (χ2n) is 6.27. The monoisotopic (exact) mass is 362 g/mol. The minimum Gasteiger partial charge on any atom is -0.356 e. The van der Waals surface area contributed by atoms with Gasteiger partial charge in [0, 0.05) is 29.3 Å². The molecule has 0 unspecified atom stereocenters. The minimum atomic E-state index is 0.105. The lowest BCUT2D eigenvalue weighted by Crippen LogP contribution is -2.24. The molecule has 0 atom stereocenters. The summed E-state index contributed by atoms with van der Waals surface area (Å²) in [5, 5.41) is 4.96. The van der Waals surface area contributed by atoms with Gasteiger partial charge in [-0.15, -0.1) is 11.3 Å². The van der Waals surface area contributed by atoms with Crippen molar-refractivity contribution in [1.29, 1.82) is 0 Å². The van der Waals surface area contributed by atoms with Gasteiger partial charge in [0.1, 0.15) is 0 Å². The highest BCUT2D eigenvalue weighted by molar-refractivity contribution is 7.11. The Morgan fingerprint density at radius 3 is 2.96 bits per heavy atom.